The van der Waals surface area contributed by atoms with Gasteiger partial charge in [-0.05, 0) is 65.9 Å². The van der Waals surface area contributed by atoms with E-state index in [1.807, 2.05) is 103 Å². The van der Waals surface area contributed by atoms with Gasteiger partial charge in [-0.1, -0.05) is 96.0 Å². The molecule has 0 saturated heterocycles. The van der Waals surface area contributed by atoms with Crippen LogP contribution in [0.5, 0.6) is 0 Å². The van der Waals surface area contributed by atoms with Gasteiger partial charge in [-0.15, -0.1) is 0 Å². The van der Waals surface area contributed by atoms with Crippen molar-refractivity contribution in [1.82, 2.24) is 5.32 Å². The summed E-state index contributed by atoms with van der Waals surface area (Å²) >= 11 is 12.2. The largest absolute Gasteiger partial charge is 0.349 e. The number of carbonyl (C=O) groups excluding carboxylic acids is 1. The Morgan fingerprint density at radius 3 is 2.00 bits per heavy atom. The van der Waals surface area contributed by atoms with Gasteiger partial charge in [0.05, 0.1) is 0 Å². The van der Waals surface area contributed by atoms with E-state index in [2.05, 4.69) is 12.2 Å². The molecule has 0 bridgehead atoms. The second-order valence-corrected chi connectivity index (χ2v) is 9.04. The highest BCUT2D eigenvalue weighted by Gasteiger charge is 2.23. The van der Waals surface area contributed by atoms with Crippen LogP contribution in [0.1, 0.15) is 34.3 Å². The molecule has 0 aliphatic rings. The third-order valence-electron chi connectivity index (χ3n) is 5.89. The Morgan fingerprint density at radius 2 is 1.33 bits per heavy atom. The summed E-state index contributed by atoms with van der Waals surface area (Å²) in [7, 11) is 0. The molecule has 0 aromatic heterocycles. The number of halogens is 2. The molecule has 4 rings (SSSR count). The lowest BCUT2D eigenvalue weighted by Crippen LogP contribution is -2.38. The summed E-state index contributed by atoms with van der Waals surface area (Å²) in [5.74, 6) is -0.0201. The van der Waals surface area contributed by atoms with Crippen molar-refractivity contribution in [1.29, 1.82) is 0 Å². The number of benzene rings is 4. The highest BCUT2D eigenvalue weighted by molar-refractivity contribution is 6.30. The lowest BCUT2D eigenvalue weighted by atomic mass is 9.86. The minimum atomic E-state index is -0.113. The first kappa shape index (κ1) is 23.1. The van der Waals surface area contributed by atoms with Crippen LogP contribution in [0.3, 0.4) is 0 Å². The van der Waals surface area contributed by atoms with Gasteiger partial charge in [0.1, 0.15) is 0 Å². The average Bonchev–Trinajstić information content (AvgIpc) is 2.85. The third-order valence-corrected chi connectivity index (χ3v) is 6.39. The van der Waals surface area contributed by atoms with Crippen LogP contribution in [0.2, 0.25) is 10.0 Å². The summed E-state index contributed by atoms with van der Waals surface area (Å²) in [6.07, 6.45) is 0.764. The zero-order valence-corrected chi connectivity index (χ0v) is 19.9. The van der Waals surface area contributed by atoms with Crippen molar-refractivity contribution in [3.63, 3.8) is 0 Å². The minimum absolute atomic E-state index is 0.0660. The van der Waals surface area contributed by atoms with Crippen molar-refractivity contribution in [2.24, 2.45) is 0 Å². The van der Waals surface area contributed by atoms with Crippen LogP contribution < -0.4 is 5.32 Å². The summed E-state index contributed by atoms with van der Waals surface area (Å²) in [5, 5.41) is 4.65. The molecule has 166 valence electrons. The van der Waals surface area contributed by atoms with E-state index in [0.717, 1.165) is 28.7 Å². The zero-order chi connectivity index (χ0) is 23.2. The molecule has 4 aromatic rings. The number of hydrogen-bond acceptors (Lipinski definition) is 1. The zero-order valence-electron chi connectivity index (χ0n) is 18.3. The first-order chi connectivity index (χ1) is 16.0. The highest BCUT2D eigenvalue weighted by atomic mass is 35.5. The monoisotopic (exact) mass is 473 g/mol. The van der Waals surface area contributed by atoms with Crippen LogP contribution in [0.25, 0.3) is 11.1 Å². The Bertz CT molecular complexity index is 1200. The molecule has 33 heavy (non-hydrogen) atoms. The molecule has 0 aliphatic carbocycles. The van der Waals surface area contributed by atoms with E-state index in [-0.39, 0.29) is 17.9 Å². The van der Waals surface area contributed by atoms with E-state index in [9.17, 15) is 4.79 Å². The fraction of sp³-hybridized carbons (Fsp3) is 0.138. The lowest BCUT2D eigenvalue weighted by Gasteiger charge is -2.26. The normalized spacial score (nSPS) is 12.7. The summed E-state index contributed by atoms with van der Waals surface area (Å²) in [5.41, 5.74) is 4.88. The highest BCUT2D eigenvalue weighted by Crippen LogP contribution is 2.28. The quantitative estimate of drug-likeness (QED) is 0.291. The molecule has 4 aromatic carbocycles. The maximum atomic E-state index is 13.4. The Labute approximate surface area is 205 Å². The van der Waals surface area contributed by atoms with Gasteiger partial charge in [-0.25, -0.2) is 0 Å². The van der Waals surface area contributed by atoms with E-state index in [1.54, 1.807) is 0 Å². The standard InChI is InChI=1S/C29H25Cl2NO/c1-20(32-29(33)27-10-6-5-9-26(27)22-7-3-2-4-8-22)28(23-13-17-25(31)18-14-23)19-21-11-15-24(30)16-12-21/h2-18,20,28H,19H2,1H3,(H,32,33). The van der Waals surface area contributed by atoms with Crippen molar-refractivity contribution >= 4 is 29.1 Å². The van der Waals surface area contributed by atoms with E-state index in [4.69, 9.17) is 23.2 Å². The van der Waals surface area contributed by atoms with Crippen molar-refractivity contribution in [3.05, 3.63) is 130 Å². The van der Waals surface area contributed by atoms with Crippen LogP contribution in [-0.2, 0) is 6.42 Å². The molecule has 2 nitrogen and oxygen atoms in total. The molecule has 1 N–H and O–H groups in total. The van der Waals surface area contributed by atoms with Gasteiger partial charge in [0.15, 0.2) is 0 Å². The van der Waals surface area contributed by atoms with Gasteiger partial charge >= 0.3 is 0 Å². The van der Waals surface area contributed by atoms with Crippen molar-refractivity contribution in [3.8, 4) is 11.1 Å². The minimum Gasteiger partial charge on any atom is -0.349 e. The van der Waals surface area contributed by atoms with Crippen LogP contribution in [-0.4, -0.2) is 11.9 Å². The Hall–Kier alpha value is -3.07. The topological polar surface area (TPSA) is 29.1 Å². The second-order valence-electron chi connectivity index (χ2n) is 8.16. The van der Waals surface area contributed by atoms with Crippen molar-refractivity contribution in [2.45, 2.75) is 25.3 Å². The molecule has 0 fully saturated rings. The van der Waals surface area contributed by atoms with Crippen LogP contribution in [0, 0.1) is 0 Å². The Balaban J connectivity index is 1.60. The van der Waals surface area contributed by atoms with Crippen molar-refractivity contribution < 1.29 is 4.79 Å². The molecule has 0 radical (unpaired) electrons. The lowest BCUT2D eigenvalue weighted by molar-refractivity contribution is 0.0935. The smallest absolute Gasteiger partial charge is 0.252 e. The van der Waals surface area contributed by atoms with E-state index in [0.29, 0.717) is 15.6 Å². The molecular weight excluding hydrogens is 449 g/mol. The van der Waals surface area contributed by atoms with Crippen LogP contribution in [0.15, 0.2) is 103 Å². The van der Waals surface area contributed by atoms with Crippen LogP contribution >= 0.6 is 23.2 Å². The summed E-state index contributed by atoms with van der Waals surface area (Å²) < 4.78 is 0. The van der Waals surface area contributed by atoms with Crippen molar-refractivity contribution in [2.75, 3.05) is 0 Å². The van der Waals surface area contributed by atoms with Gasteiger partial charge in [-0.3, -0.25) is 4.79 Å². The predicted molar refractivity (Wildman–Crippen MR) is 138 cm³/mol. The maximum Gasteiger partial charge on any atom is 0.252 e. The molecule has 0 saturated carbocycles. The second kappa shape index (κ2) is 10.7. The molecule has 1 amide bonds. The molecular formula is C29H25Cl2NO. The molecule has 2 atom stereocenters. The van der Waals surface area contributed by atoms with Gasteiger partial charge in [0.2, 0.25) is 0 Å². The third kappa shape index (κ3) is 5.84. The van der Waals surface area contributed by atoms with E-state index in [1.165, 1.54) is 0 Å². The van der Waals surface area contributed by atoms with Gasteiger partial charge in [-0.2, -0.15) is 0 Å². The number of carbonyl (C=O) groups is 1. The number of nitrogens with one attached hydrogen (secondary N) is 1. The molecule has 0 aliphatic heterocycles. The average molecular weight is 474 g/mol. The first-order valence-electron chi connectivity index (χ1n) is 11.0. The first-order valence-corrected chi connectivity index (χ1v) is 11.7. The fourth-order valence-electron chi connectivity index (χ4n) is 4.10. The Morgan fingerprint density at radius 1 is 0.758 bits per heavy atom. The summed E-state index contributed by atoms with van der Waals surface area (Å²) in [6, 6.07) is 33.3. The van der Waals surface area contributed by atoms with Crippen LogP contribution in [0.4, 0.5) is 0 Å². The molecule has 2 unspecified atom stereocenters. The van der Waals surface area contributed by atoms with Gasteiger partial charge in [0.25, 0.3) is 5.91 Å². The van der Waals surface area contributed by atoms with E-state index < -0.39 is 0 Å². The SMILES string of the molecule is CC(NC(=O)c1ccccc1-c1ccccc1)C(Cc1ccc(Cl)cc1)c1ccc(Cl)cc1. The van der Waals surface area contributed by atoms with Gasteiger partial charge < -0.3 is 5.32 Å². The Kier molecular flexibility index (Phi) is 7.49. The number of hydrogen-bond donors (Lipinski definition) is 1. The fourth-order valence-corrected chi connectivity index (χ4v) is 4.36. The number of amides is 1. The molecule has 4 heteroatoms. The van der Waals surface area contributed by atoms with E-state index >= 15 is 0 Å². The molecule has 0 spiro atoms. The van der Waals surface area contributed by atoms with Gasteiger partial charge in [0, 0.05) is 27.6 Å². The summed E-state index contributed by atoms with van der Waals surface area (Å²) in [4.78, 5) is 13.4. The predicted octanol–water partition coefficient (Wildman–Crippen LogP) is 7.81. The number of rotatable bonds is 7. The maximum absolute atomic E-state index is 13.4. The summed E-state index contributed by atoms with van der Waals surface area (Å²) in [6.45, 7) is 2.05. The molecule has 0 heterocycles.